The number of alkyl halides is 3. The highest BCUT2D eigenvalue weighted by molar-refractivity contribution is 7.80. The minimum absolute atomic E-state index is 0.00280. The first-order valence-corrected chi connectivity index (χ1v) is 7.15. The van der Waals surface area contributed by atoms with E-state index in [0.717, 1.165) is 6.07 Å². The molecule has 1 unspecified atom stereocenters. The second-order valence-electron chi connectivity index (χ2n) is 5.25. The Hall–Kier alpha value is -2.11. The van der Waals surface area contributed by atoms with Gasteiger partial charge in [-0.1, -0.05) is 30.4 Å². The number of carbonyl (C=O) groups excluding carboxylic acids is 1. The molecule has 0 aromatic heterocycles. The van der Waals surface area contributed by atoms with Crippen molar-refractivity contribution >= 4 is 34.6 Å². The van der Waals surface area contributed by atoms with Crippen LogP contribution in [0, 0.1) is 11.3 Å². The Kier molecular flexibility index (Phi) is 4.63. The highest BCUT2D eigenvalue weighted by atomic mass is 32.1. The number of rotatable bonds is 2. The van der Waals surface area contributed by atoms with Gasteiger partial charge in [0.15, 0.2) is 0 Å². The van der Waals surface area contributed by atoms with Gasteiger partial charge in [-0.2, -0.15) is 13.2 Å². The predicted molar refractivity (Wildman–Crippen MR) is 85.3 cm³/mol. The monoisotopic (exact) mass is 338 g/mol. The fourth-order valence-corrected chi connectivity index (χ4v) is 3.17. The molecule has 1 aliphatic heterocycles. The normalized spacial score (nSPS) is 21.7. The van der Waals surface area contributed by atoms with Gasteiger partial charge in [-0.15, -0.1) is 0 Å². The second-order valence-corrected chi connectivity index (χ2v) is 5.63. The zero-order chi connectivity index (χ0) is 17.4. The van der Waals surface area contributed by atoms with Crippen LogP contribution in [0.25, 0.3) is 0 Å². The molecular formula is C16H13F3N2OS. The Morgan fingerprint density at radius 3 is 2.48 bits per heavy atom. The molecule has 1 aromatic carbocycles. The molecule has 1 heterocycles. The Bertz CT molecular complexity index is 761. The number of thiocarbonyl (C=S) groups is 1. The number of benzene rings is 1. The van der Waals surface area contributed by atoms with Gasteiger partial charge in [0.2, 0.25) is 0 Å². The number of hydrogen-bond acceptors (Lipinski definition) is 3. The van der Waals surface area contributed by atoms with E-state index < -0.39 is 23.6 Å². The number of nitrogens with one attached hydrogen (secondary N) is 1. The summed E-state index contributed by atoms with van der Waals surface area (Å²) in [7, 11) is 0. The molecule has 1 aromatic rings. The SMILES string of the molecule is CC(=O)C1C(C)=NC(=S)C(=C=N)[C@@H]1c1ccccc1C(F)(F)F. The van der Waals surface area contributed by atoms with Crippen LogP contribution >= 0.6 is 12.2 Å². The molecule has 2 atom stereocenters. The molecule has 3 nitrogen and oxygen atoms in total. The van der Waals surface area contributed by atoms with Crippen LogP contribution in [0.4, 0.5) is 13.2 Å². The van der Waals surface area contributed by atoms with Crippen molar-refractivity contribution in [1.29, 1.82) is 5.41 Å². The third-order valence-corrected chi connectivity index (χ3v) is 4.09. The summed E-state index contributed by atoms with van der Waals surface area (Å²) in [6, 6.07) is 5.01. The van der Waals surface area contributed by atoms with E-state index in [-0.39, 0.29) is 21.9 Å². The van der Waals surface area contributed by atoms with Crippen LogP contribution in [0.2, 0.25) is 0 Å². The Labute approximate surface area is 136 Å². The van der Waals surface area contributed by atoms with Crippen LogP contribution in [0.15, 0.2) is 34.8 Å². The summed E-state index contributed by atoms with van der Waals surface area (Å²) in [6.07, 6.45) is -4.57. The minimum atomic E-state index is -4.57. The quantitative estimate of drug-likeness (QED) is 0.504. The van der Waals surface area contributed by atoms with Crippen molar-refractivity contribution in [2.24, 2.45) is 10.9 Å². The molecule has 120 valence electrons. The average Bonchev–Trinajstić information content (AvgIpc) is 2.45. The largest absolute Gasteiger partial charge is 0.416 e. The maximum Gasteiger partial charge on any atom is 0.416 e. The van der Waals surface area contributed by atoms with Gasteiger partial charge >= 0.3 is 6.18 Å². The number of ketones is 1. The molecule has 0 bridgehead atoms. The van der Waals surface area contributed by atoms with E-state index in [1.165, 1.54) is 25.1 Å². The molecule has 1 N–H and O–H groups in total. The molecule has 23 heavy (non-hydrogen) atoms. The molecule has 2 rings (SSSR count). The molecule has 0 saturated heterocycles. The molecule has 0 spiro atoms. The highest BCUT2D eigenvalue weighted by Gasteiger charge is 2.43. The fourth-order valence-electron chi connectivity index (χ4n) is 2.85. The second kappa shape index (κ2) is 6.18. The number of halogens is 3. The standard InChI is InChI=1S/C16H13F3N2OS/c1-8-13(9(2)22)14(11(7-20)15(23)21-8)10-5-3-4-6-12(10)16(17,18)19/h3-6,13-14,20H,1-2H3/t13?,14-/m0/s1. The number of hydrogen-bond donors (Lipinski definition) is 1. The number of aliphatic imine (C=N–C) groups is 1. The lowest BCUT2D eigenvalue weighted by Crippen LogP contribution is -2.35. The van der Waals surface area contributed by atoms with Gasteiger partial charge in [-0.05, 0) is 31.3 Å². The Morgan fingerprint density at radius 2 is 1.96 bits per heavy atom. The number of carbonyl (C=O) groups is 1. The number of nitrogens with zero attached hydrogens (tertiary/aromatic N) is 1. The first kappa shape index (κ1) is 17.2. The summed E-state index contributed by atoms with van der Waals surface area (Å²) in [5.74, 6) is -0.142. The average molecular weight is 338 g/mol. The van der Waals surface area contributed by atoms with E-state index in [2.05, 4.69) is 10.9 Å². The molecular weight excluding hydrogens is 325 g/mol. The van der Waals surface area contributed by atoms with Crippen molar-refractivity contribution in [3.8, 4) is 0 Å². The third kappa shape index (κ3) is 3.16. The highest BCUT2D eigenvalue weighted by Crippen LogP contribution is 2.43. The van der Waals surface area contributed by atoms with Gasteiger partial charge in [-0.25, -0.2) is 4.99 Å². The van der Waals surface area contributed by atoms with Gasteiger partial charge in [0, 0.05) is 11.6 Å². The summed E-state index contributed by atoms with van der Waals surface area (Å²) >= 11 is 5.06. The molecule has 1 aliphatic rings. The number of Topliss-reactive ketones (excluding diaryl/α,β-unsaturated/α-hetero) is 1. The van der Waals surface area contributed by atoms with Crippen molar-refractivity contribution in [1.82, 2.24) is 0 Å². The first-order chi connectivity index (χ1) is 10.7. The fraction of sp³-hybridized carbons (Fsp3) is 0.312. The summed E-state index contributed by atoms with van der Waals surface area (Å²) < 4.78 is 40.0. The lowest BCUT2D eigenvalue weighted by atomic mass is 9.73. The van der Waals surface area contributed by atoms with Crippen molar-refractivity contribution in [3.63, 3.8) is 0 Å². The van der Waals surface area contributed by atoms with Crippen LogP contribution < -0.4 is 0 Å². The van der Waals surface area contributed by atoms with Gasteiger partial charge < -0.3 is 0 Å². The molecule has 0 fully saturated rings. The van der Waals surface area contributed by atoms with E-state index in [1.54, 1.807) is 6.92 Å². The van der Waals surface area contributed by atoms with E-state index in [9.17, 15) is 18.0 Å². The van der Waals surface area contributed by atoms with Crippen LogP contribution in [0.1, 0.15) is 30.9 Å². The summed E-state index contributed by atoms with van der Waals surface area (Å²) in [6.45, 7) is 2.85. The van der Waals surface area contributed by atoms with Crippen LogP contribution in [-0.4, -0.2) is 22.4 Å². The molecule has 0 radical (unpaired) electrons. The zero-order valence-electron chi connectivity index (χ0n) is 12.4. The molecule has 0 amide bonds. The predicted octanol–water partition coefficient (Wildman–Crippen LogP) is 3.97. The first-order valence-electron chi connectivity index (χ1n) is 6.74. The topological polar surface area (TPSA) is 53.3 Å². The lowest BCUT2D eigenvalue weighted by Gasteiger charge is -2.31. The summed E-state index contributed by atoms with van der Waals surface area (Å²) in [5, 5.41) is 7.39. The lowest BCUT2D eigenvalue weighted by molar-refractivity contribution is -0.138. The van der Waals surface area contributed by atoms with Crippen LogP contribution in [0.3, 0.4) is 0 Å². The minimum Gasteiger partial charge on any atom is -0.299 e. The van der Waals surface area contributed by atoms with Gasteiger partial charge in [0.05, 0.1) is 17.1 Å². The van der Waals surface area contributed by atoms with Crippen molar-refractivity contribution in [2.45, 2.75) is 25.9 Å². The zero-order valence-corrected chi connectivity index (χ0v) is 13.2. The summed E-state index contributed by atoms with van der Waals surface area (Å²) in [4.78, 5) is 16.0. The summed E-state index contributed by atoms with van der Waals surface area (Å²) in [5.41, 5.74) is -0.556. The van der Waals surface area contributed by atoms with Crippen LogP contribution in [0.5, 0.6) is 0 Å². The van der Waals surface area contributed by atoms with E-state index >= 15 is 0 Å². The maximum atomic E-state index is 13.3. The van der Waals surface area contributed by atoms with Crippen molar-refractivity contribution < 1.29 is 18.0 Å². The third-order valence-electron chi connectivity index (χ3n) is 3.78. The van der Waals surface area contributed by atoms with E-state index in [0.29, 0.717) is 5.71 Å². The molecule has 0 aliphatic carbocycles. The smallest absolute Gasteiger partial charge is 0.299 e. The maximum absolute atomic E-state index is 13.3. The molecule has 0 saturated carbocycles. The molecule has 7 heteroatoms. The van der Waals surface area contributed by atoms with Gasteiger partial charge in [-0.3, -0.25) is 10.2 Å². The Morgan fingerprint density at radius 1 is 1.35 bits per heavy atom. The van der Waals surface area contributed by atoms with Gasteiger partial charge in [0.25, 0.3) is 0 Å². The van der Waals surface area contributed by atoms with Crippen molar-refractivity contribution in [3.05, 3.63) is 41.0 Å². The van der Waals surface area contributed by atoms with E-state index in [4.69, 9.17) is 17.6 Å². The van der Waals surface area contributed by atoms with Crippen LogP contribution in [-0.2, 0) is 11.0 Å². The van der Waals surface area contributed by atoms with Gasteiger partial charge in [0.1, 0.15) is 10.8 Å². The van der Waals surface area contributed by atoms with E-state index in [1.807, 2.05) is 0 Å². The van der Waals surface area contributed by atoms with Crippen molar-refractivity contribution in [2.75, 3.05) is 0 Å². The Balaban J connectivity index is 2.77.